The minimum Gasteiger partial charge on any atom is -0.391 e. The van der Waals surface area contributed by atoms with Crippen LogP contribution in [0.2, 0.25) is 0 Å². The third-order valence-corrected chi connectivity index (χ3v) is 4.62. The molecule has 1 aliphatic rings. The number of carbonyl (C=O) groups is 2. The molecule has 1 aromatic rings. The maximum Gasteiger partial charge on any atom is 0.264 e. The summed E-state index contributed by atoms with van der Waals surface area (Å²) in [4.78, 5) is 25.6. The minimum atomic E-state index is -0.438. The second-order valence-corrected chi connectivity index (χ2v) is 6.26. The molecule has 1 fully saturated rings. The third kappa shape index (κ3) is 3.37. The molecule has 0 aliphatic heterocycles. The number of rotatable bonds is 3. The average Bonchev–Trinajstić information content (AvgIpc) is 2.85. The standard InChI is InChI=1S/C14H20N2O3S/c1-9(17)15-13-8-7-12(20-13)14(19)16(2)10-5-3-4-6-11(10)18/h7-8,10-11,18H,3-6H2,1-2H3,(H,15,17). The number of likely N-dealkylation sites (N-methyl/N-ethyl adjacent to an activating group) is 1. The van der Waals surface area contributed by atoms with Gasteiger partial charge in [0.15, 0.2) is 0 Å². The summed E-state index contributed by atoms with van der Waals surface area (Å²) in [5.74, 6) is -0.251. The van der Waals surface area contributed by atoms with Crippen molar-refractivity contribution in [2.75, 3.05) is 12.4 Å². The highest BCUT2D eigenvalue weighted by Gasteiger charge is 2.30. The quantitative estimate of drug-likeness (QED) is 0.897. The highest BCUT2D eigenvalue weighted by Crippen LogP contribution is 2.27. The maximum atomic E-state index is 12.4. The number of amides is 2. The molecule has 0 saturated heterocycles. The lowest BCUT2D eigenvalue weighted by atomic mass is 9.91. The number of carbonyl (C=O) groups excluding carboxylic acids is 2. The lowest BCUT2D eigenvalue weighted by Crippen LogP contribution is -2.46. The molecule has 2 amide bonds. The van der Waals surface area contributed by atoms with E-state index in [1.54, 1.807) is 24.1 Å². The van der Waals surface area contributed by atoms with Crippen molar-refractivity contribution in [3.8, 4) is 0 Å². The average molecular weight is 296 g/mol. The van der Waals surface area contributed by atoms with E-state index in [9.17, 15) is 14.7 Å². The normalized spacial score (nSPS) is 22.4. The smallest absolute Gasteiger partial charge is 0.264 e. The summed E-state index contributed by atoms with van der Waals surface area (Å²) in [6.45, 7) is 1.44. The molecule has 1 heterocycles. The number of aliphatic hydroxyl groups excluding tert-OH is 1. The molecule has 20 heavy (non-hydrogen) atoms. The predicted molar refractivity (Wildman–Crippen MR) is 79.0 cm³/mol. The first-order chi connectivity index (χ1) is 9.49. The van der Waals surface area contributed by atoms with Crippen LogP contribution in [0.5, 0.6) is 0 Å². The molecule has 0 aromatic carbocycles. The highest BCUT2D eigenvalue weighted by atomic mass is 32.1. The number of hydrogen-bond donors (Lipinski definition) is 2. The van der Waals surface area contributed by atoms with Crippen molar-refractivity contribution in [1.29, 1.82) is 0 Å². The van der Waals surface area contributed by atoms with E-state index in [2.05, 4.69) is 5.32 Å². The van der Waals surface area contributed by atoms with Gasteiger partial charge in [-0.25, -0.2) is 0 Å². The van der Waals surface area contributed by atoms with Crippen molar-refractivity contribution in [3.05, 3.63) is 17.0 Å². The molecular formula is C14H20N2O3S. The van der Waals surface area contributed by atoms with Gasteiger partial charge in [-0.1, -0.05) is 12.8 Å². The van der Waals surface area contributed by atoms with Crippen LogP contribution in [-0.2, 0) is 4.79 Å². The molecule has 1 aromatic heterocycles. The van der Waals surface area contributed by atoms with Gasteiger partial charge in [0.05, 0.1) is 22.0 Å². The molecule has 1 saturated carbocycles. The number of nitrogens with zero attached hydrogens (tertiary/aromatic N) is 1. The molecule has 1 aliphatic carbocycles. The number of hydrogen-bond acceptors (Lipinski definition) is 4. The zero-order valence-electron chi connectivity index (χ0n) is 11.8. The van der Waals surface area contributed by atoms with E-state index >= 15 is 0 Å². The van der Waals surface area contributed by atoms with Crippen LogP contribution in [0.4, 0.5) is 5.00 Å². The van der Waals surface area contributed by atoms with Crippen LogP contribution in [0, 0.1) is 0 Å². The monoisotopic (exact) mass is 296 g/mol. The van der Waals surface area contributed by atoms with E-state index in [-0.39, 0.29) is 17.9 Å². The van der Waals surface area contributed by atoms with Crippen LogP contribution in [-0.4, -0.2) is 41.0 Å². The Labute approximate surface area is 122 Å². The zero-order chi connectivity index (χ0) is 14.7. The van der Waals surface area contributed by atoms with Gasteiger partial charge < -0.3 is 15.3 Å². The summed E-state index contributed by atoms with van der Waals surface area (Å²) in [5, 5.41) is 13.3. The van der Waals surface area contributed by atoms with Crippen LogP contribution < -0.4 is 5.32 Å². The van der Waals surface area contributed by atoms with Gasteiger partial charge in [0.1, 0.15) is 0 Å². The van der Waals surface area contributed by atoms with Crippen molar-refractivity contribution in [1.82, 2.24) is 4.90 Å². The molecule has 110 valence electrons. The number of nitrogens with one attached hydrogen (secondary N) is 1. The Bertz CT molecular complexity index is 500. The summed E-state index contributed by atoms with van der Waals surface area (Å²) in [5.41, 5.74) is 0. The zero-order valence-corrected chi connectivity index (χ0v) is 12.6. The first kappa shape index (κ1) is 15.0. The molecular weight excluding hydrogens is 276 g/mol. The van der Waals surface area contributed by atoms with Crippen molar-refractivity contribution in [3.63, 3.8) is 0 Å². The van der Waals surface area contributed by atoms with Gasteiger partial charge in [0.25, 0.3) is 5.91 Å². The lowest BCUT2D eigenvalue weighted by Gasteiger charge is -2.34. The molecule has 2 rings (SSSR count). The summed E-state index contributed by atoms with van der Waals surface area (Å²) in [6.07, 6.45) is 3.22. The van der Waals surface area contributed by atoms with E-state index in [0.29, 0.717) is 9.88 Å². The predicted octanol–water partition coefficient (Wildman–Crippen LogP) is 2.08. The Morgan fingerprint density at radius 3 is 2.70 bits per heavy atom. The van der Waals surface area contributed by atoms with Crippen LogP contribution in [0.15, 0.2) is 12.1 Å². The lowest BCUT2D eigenvalue weighted by molar-refractivity contribution is -0.114. The molecule has 2 unspecified atom stereocenters. The summed E-state index contributed by atoms with van der Waals surface area (Å²) in [6, 6.07) is 3.33. The molecule has 2 N–H and O–H groups in total. The molecule has 6 heteroatoms. The van der Waals surface area contributed by atoms with E-state index in [4.69, 9.17) is 0 Å². The highest BCUT2D eigenvalue weighted by molar-refractivity contribution is 7.18. The second kappa shape index (κ2) is 6.37. The fourth-order valence-corrected chi connectivity index (χ4v) is 3.50. The van der Waals surface area contributed by atoms with E-state index < -0.39 is 6.10 Å². The molecule has 0 spiro atoms. The SMILES string of the molecule is CC(=O)Nc1ccc(C(=O)N(C)C2CCCCC2O)s1. The van der Waals surface area contributed by atoms with E-state index in [0.717, 1.165) is 25.7 Å². The molecule has 0 radical (unpaired) electrons. The summed E-state index contributed by atoms with van der Waals surface area (Å²) < 4.78 is 0. The maximum absolute atomic E-state index is 12.4. The molecule has 5 nitrogen and oxygen atoms in total. The number of anilines is 1. The van der Waals surface area contributed by atoms with Gasteiger partial charge in [-0.2, -0.15) is 0 Å². The van der Waals surface area contributed by atoms with Gasteiger partial charge in [-0.3, -0.25) is 9.59 Å². The second-order valence-electron chi connectivity index (χ2n) is 5.18. The van der Waals surface area contributed by atoms with Gasteiger partial charge in [0.2, 0.25) is 5.91 Å². The fourth-order valence-electron chi connectivity index (χ4n) is 2.56. The minimum absolute atomic E-state index is 0.0995. The van der Waals surface area contributed by atoms with Crippen LogP contribution in [0.3, 0.4) is 0 Å². The van der Waals surface area contributed by atoms with Crippen LogP contribution in [0.1, 0.15) is 42.3 Å². The van der Waals surface area contributed by atoms with Crippen molar-refractivity contribution in [2.45, 2.75) is 44.8 Å². The first-order valence-electron chi connectivity index (χ1n) is 6.81. The van der Waals surface area contributed by atoms with Crippen molar-refractivity contribution >= 4 is 28.2 Å². The third-order valence-electron chi connectivity index (χ3n) is 3.63. The van der Waals surface area contributed by atoms with Gasteiger partial charge >= 0.3 is 0 Å². The Morgan fingerprint density at radius 1 is 1.35 bits per heavy atom. The Morgan fingerprint density at radius 2 is 2.05 bits per heavy atom. The van der Waals surface area contributed by atoms with Gasteiger partial charge in [0, 0.05) is 14.0 Å². The summed E-state index contributed by atoms with van der Waals surface area (Å²) >= 11 is 1.26. The van der Waals surface area contributed by atoms with Crippen LogP contribution in [0.25, 0.3) is 0 Å². The van der Waals surface area contributed by atoms with E-state index in [1.165, 1.54) is 18.3 Å². The molecule has 0 bridgehead atoms. The molecule has 2 atom stereocenters. The Hall–Kier alpha value is -1.40. The fraction of sp³-hybridized carbons (Fsp3) is 0.571. The van der Waals surface area contributed by atoms with Gasteiger partial charge in [-0.05, 0) is 25.0 Å². The first-order valence-corrected chi connectivity index (χ1v) is 7.63. The largest absolute Gasteiger partial charge is 0.391 e. The Balaban J connectivity index is 2.06. The summed E-state index contributed by atoms with van der Waals surface area (Å²) in [7, 11) is 1.74. The van der Waals surface area contributed by atoms with E-state index in [1.807, 2.05) is 0 Å². The topological polar surface area (TPSA) is 69.6 Å². The number of aliphatic hydroxyl groups is 1. The number of thiophene rings is 1. The van der Waals surface area contributed by atoms with Crippen molar-refractivity contribution < 1.29 is 14.7 Å². The van der Waals surface area contributed by atoms with Gasteiger partial charge in [-0.15, -0.1) is 11.3 Å². The Kier molecular flexibility index (Phi) is 4.77. The van der Waals surface area contributed by atoms with Crippen molar-refractivity contribution in [2.24, 2.45) is 0 Å². The van der Waals surface area contributed by atoms with Crippen LogP contribution >= 0.6 is 11.3 Å².